The van der Waals surface area contributed by atoms with Crippen LogP contribution in [0, 0.1) is 12.8 Å². The maximum atomic E-state index is 12.6. The Kier molecular flexibility index (Phi) is 4.57. The van der Waals surface area contributed by atoms with Gasteiger partial charge >= 0.3 is 0 Å². The molecule has 1 unspecified atom stereocenters. The smallest absolute Gasteiger partial charge is 0.253 e. The van der Waals surface area contributed by atoms with Crippen molar-refractivity contribution in [2.45, 2.75) is 26.2 Å². The summed E-state index contributed by atoms with van der Waals surface area (Å²) in [5.41, 5.74) is 3.48. The molecule has 0 aliphatic carbocycles. The minimum Gasteiger partial charge on any atom is -0.338 e. The lowest BCUT2D eigenvalue weighted by Crippen LogP contribution is -2.40. The van der Waals surface area contributed by atoms with Crippen molar-refractivity contribution in [2.75, 3.05) is 13.1 Å². The van der Waals surface area contributed by atoms with Gasteiger partial charge in [-0.05, 0) is 49.8 Å². The Labute approximate surface area is 132 Å². The third kappa shape index (κ3) is 3.56. The minimum absolute atomic E-state index is 0.175. The normalized spacial score (nSPS) is 18.2. The number of carbonyl (C=O) groups excluding carboxylic acids is 1. The Morgan fingerprint density at radius 2 is 1.82 bits per heavy atom. The summed E-state index contributed by atoms with van der Waals surface area (Å²) < 4.78 is 0. The highest BCUT2D eigenvalue weighted by Gasteiger charge is 2.24. The zero-order valence-electron chi connectivity index (χ0n) is 13.2. The number of likely N-dealkylation sites (tertiary alicyclic amines) is 1. The van der Waals surface area contributed by atoms with E-state index in [0.29, 0.717) is 5.92 Å². The Balaban J connectivity index is 1.64. The molecule has 1 fully saturated rings. The quantitative estimate of drug-likeness (QED) is 0.834. The summed E-state index contributed by atoms with van der Waals surface area (Å²) in [7, 11) is 0. The van der Waals surface area contributed by atoms with E-state index in [2.05, 4.69) is 31.2 Å². The fraction of sp³-hybridized carbons (Fsp3) is 0.350. The number of piperidine rings is 1. The van der Waals surface area contributed by atoms with Crippen molar-refractivity contribution in [3.05, 3.63) is 71.3 Å². The van der Waals surface area contributed by atoms with Gasteiger partial charge in [-0.3, -0.25) is 4.79 Å². The zero-order valence-corrected chi connectivity index (χ0v) is 13.2. The number of nitrogens with zero attached hydrogens (tertiary/aromatic N) is 1. The van der Waals surface area contributed by atoms with Crippen molar-refractivity contribution in [3.63, 3.8) is 0 Å². The summed E-state index contributed by atoms with van der Waals surface area (Å²) in [4.78, 5) is 14.6. The number of aryl methyl sites for hydroxylation is 1. The van der Waals surface area contributed by atoms with E-state index < -0.39 is 0 Å². The SMILES string of the molecule is Cc1ccc(CC2CCCN(C(=O)c3ccccc3)C2)cc1. The van der Waals surface area contributed by atoms with E-state index in [0.717, 1.165) is 31.5 Å². The van der Waals surface area contributed by atoms with Crippen molar-refractivity contribution >= 4 is 5.91 Å². The van der Waals surface area contributed by atoms with Crippen molar-refractivity contribution < 1.29 is 4.79 Å². The molecule has 1 saturated heterocycles. The molecular formula is C20H23NO. The Hall–Kier alpha value is -2.09. The Bertz CT molecular complexity index is 618. The highest BCUT2D eigenvalue weighted by molar-refractivity contribution is 5.94. The molecule has 22 heavy (non-hydrogen) atoms. The highest BCUT2D eigenvalue weighted by atomic mass is 16.2. The van der Waals surface area contributed by atoms with Gasteiger partial charge in [-0.25, -0.2) is 0 Å². The van der Waals surface area contributed by atoms with Gasteiger partial charge in [-0.15, -0.1) is 0 Å². The molecule has 114 valence electrons. The molecule has 1 heterocycles. The lowest BCUT2D eigenvalue weighted by molar-refractivity contribution is 0.0673. The van der Waals surface area contributed by atoms with Crippen LogP contribution in [0.15, 0.2) is 54.6 Å². The van der Waals surface area contributed by atoms with Crippen molar-refractivity contribution in [1.29, 1.82) is 0 Å². The van der Waals surface area contributed by atoms with E-state index in [1.165, 1.54) is 17.5 Å². The fourth-order valence-electron chi connectivity index (χ4n) is 3.24. The van der Waals surface area contributed by atoms with E-state index in [9.17, 15) is 4.79 Å². The molecule has 2 aromatic rings. The molecule has 2 heteroatoms. The van der Waals surface area contributed by atoms with Gasteiger partial charge in [-0.1, -0.05) is 48.0 Å². The molecule has 0 saturated carbocycles. The summed E-state index contributed by atoms with van der Waals surface area (Å²) >= 11 is 0. The van der Waals surface area contributed by atoms with Gasteiger partial charge in [0.25, 0.3) is 5.91 Å². The van der Waals surface area contributed by atoms with Crippen LogP contribution >= 0.6 is 0 Å². The van der Waals surface area contributed by atoms with Crippen LogP contribution in [0.2, 0.25) is 0 Å². The van der Waals surface area contributed by atoms with Crippen LogP contribution in [0.4, 0.5) is 0 Å². The van der Waals surface area contributed by atoms with Crippen molar-refractivity contribution in [3.8, 4) is 0 Å². The minimum atomic E-state index is 0.175. The van der Waals surface area contributed by atoms with Crippen LogP contribution in [-0.4, -0.2) is 23.9 Å². The molecule has 0 radical (unpaired) electrons. The second-order valence-electron chi connectivity index (χ2n) is 6.32. The molecule has 1 aliphatic rings. The second kappa shape index (κ2) is 6.78. The van der Waals surface area contributed by atoms with E-state index in [4.69, 9.17) is 0 Å². The monoisotopic (exact) mass is 293 g/mol. The summed E-state index contributed by atoms with van der Waals surface area (Å²) in [6.45, 7) is 3.88. The van der Waals surface area contributed by atoms with Gasteiger partial charge in [0.05, 0.1) is 0 Å². The first-order chi connectivity index (χ1) is 10.7. The summed E-state index contributed by atoms with van der Waals surface area (Å²) in [6.07, 6.45) is 3.39. The lowest BCUT2D eigenvalue weighted by Gasteiger charge is -2.33. The third-order valence-electron chi connectivity index (χ3n) is 4.47. The molecule has 1 amide bonds. The van der Waals surface area contributed by atoms with E-state index in [-0.39, 0.29) is 5.91 Å². The molecule has 1 atom stereocenters. The summed E-state index contributed by atoms with van der Waals surface area (Å²) in [5.74, 6) is 0.748. The topological polar surface area (TPSA) is 20.3 Å². The van der Waals surface area contributed by atoms with Crippen LogP contribution in [0.1, 0.15) is 34.3 Å². The Morgan fingerprint density at radius 1 is 1.09 bits per heavy atom. The molecule has 0 N–H and O–H groups in total. The molecule has 0 bridgehead atoms. The van der Waals surface area contributed by atoms with E-state index >= 15 is 0 Å². The van der Waals surface area contributed by atoms with Crippen LogP contribution in [0.3, 0.4) is 0 Å². The molecule has 2 nitrogen and oxygen atoms in total. The third-order valence-corrected chi connectivity index (χ3v) is 4.47. The summed E-state index contributed by atoms with van der Waals surface area (Å²) in [5, 5.41) is 0. The van der Waals surface area contributed by atoms with Gasteiger partial charge in [0.1, 0.15) is 0 Å². The predicted octanol–water partition coefficient (Wildman–Crippen LogP) is 4.09. The van der Waals surface area contributed by atoms with Gasteiger partial charge in [0.15, 0.2) is 0 Å². The van der Waals surface area contributed by atoms with Crippen LogP contribution in [0.5, 0.6) is 0 Å². The van der Waals surface area contributed by atoms with E-state index in [1.54, 1.807) is 0 Å². The van der Waals surface area contributed by atoms with Crippen LogP contribution in [-0.2, 0) is 6.42 Å². The molecule has 0 aromatic heterocycles. The fourth-order valence-corrected chi connectivity index (χ4v) is 3.24. The molecule has 1 aliphatic heterocycles. The first-order valence-electron chi connectivity index (χ1n) is 8.12. The van der Waals surface area contributed by atoms with Crippen LogP contribution in [0.25, 0.3) is 0 Å². The van der Waals surface area contributed by atoms with Crippen molar-refractivity contribution in [2.24, 2.45) is 5.92 Å². The first-order valence-corrected chi connectivity index (χ1v) is 8.12. The predicted molar refractivity (Wildman–Crippen MR) is 90.0 cm³/mol. The highest BCUT2D eigenvalue weighted by Crippen LogP contribution is 2.22. The number of amides is 1. The molecule has 0 spiro atoms. The van der Waals surface area contributed by atoms with Gasteiger partial charge in [-0.2, -0.15) is 0 Å². The molecule has 2 aromatic carbocycles. The number of carbonyl (C=O) groups is 1. The molecule has 3 rings (SSSR count). The number of benzene rings is 2. The first kappa shape index (κ1) is 14.8. The number of hydrogen-bond acceptors (Lipinski definition) is 1. The van der Waals surface area contributed by atoms with Gasteiger partial charge in [0, 0.05) is 18.7 Å². The largest absolute Gasteiger partial charge is 0.338 e. The van der Waals surface area contributed by atoms with Crippen LogP contribution < -0.4 is 0 Å². The zero-order chi connectivity index (χ0) is 15.4. The second-order valence-corrected chi connectivity index (χ2v) is 6.32. The average Bonchev–Trinajstić information content (AvgIpc) is 2.57. The summed E-state index contributed by atoms with van der Waals surface area (Å²) in [6, 6.07) is 18.4. The van der Waals surface area contributed by atoms with Crippen molar-refractivity contribution in [1.82, 2.24) is 4.90 Å². The number of rotatable bonds is 3. The maximum Gasteiger partial charge on any atom is 0.253 e. The standard InChI is InChI=1S/C20H23NO/c1-16-9-11-17(12-10-16)14-18-6-5-13-21(15-18)20(22)19-7-3-2-4-8-19/h2-4,7-12,18H,5-6,13-15H2,1H3. The average molecular weight is 293 g/mol. The number of hydrogen-bond donors (Lipinski definition) is 0. The van der Waals surface area contributed by atoms with Gasteiger partial charge < -0.3 is 4.90 Å². The molecular weight excluding hydrogens is 270 g/mol. The Morgan fingerprint density at radius 3 is 2.55 bits per heavy atom. The lowest BCUT2D eigenvalue weighted by atomic mass is 9.90. The van der Waals surface area contributed by atoms with E-state index in [1.807, 2.05) is 35.2 Å². The maximum absolute atomic E-state index is 12.6. The van der Waals surface area contributed by atoms with Gasteiger partial charge in [0.2, 0.25) is 0 Å².